The van der Waals surface area contributed by atoms with Crippen molar-refractivity contribution in [1.82, 2.24) is 20.1 Å². The molecule has 0 radical (unpaired) electrons. The van der Waals surface area contributed by atoms with E-state index in [4.69, 9.17) is 11.6 Å². The van der Waals surface area contributed by atoms with E-state index in [9.17, 15) is 4.79 Å². The molecule has 6 heteroatoms. The van der Waals surface area contributed by atoms with Gasteiger partial charge in [0.15, 0.2) is 0 Å². The molecule has 0 saturated heterocycles. The summed E-state index contributed by atoms with van der Waals surface area (Å²) in [4.78, 5) is 16.6. The lowest BCUT2D eigenvalue weighted by Crippen LogP contribution is -2.28. The van der Waals surface area contributed by atoms with Gasteiger partial charge in [0.05, 0.1) is 23.8 Å². The first-order chi connectivity index (χ1) is 12.9. The number of halogens is 1. The first kappa shape index (κ1) is 19.1. The fourth-order valence-corrected chi connectivity index (χ4v) is 3.26. The molecule has 1 amide bonds. The van der Waals surface area contributed by atoms with Crippen LogP contribution in [0, 0.1) is 20.8 Å². The summed E-state index contributed by atoms with van der Waals surface area (Å²) in [7, 11) is 0. The number of benzene rings is 1. The smallest absolute Gasteiger partial charge is 0.225 e. The van der Waals surface area contributed by atoms with E-state index in [1.165, 1.54) is 0 Å². The van der Waals surface area contributed by atoms with E-state index in [1.54, 1.807) is 12.4 Å². The quantitative estimate of drug-likeness (QED) is 0.717. The van der Waals surface area contributed by atoms with Gasteiger partial charge in [-0.2, -0.15) is 5.10 Å². The third-order valence-electron chi connectivity index (χ3n) is 4.76. The van der Waals surface area contributed by atoms with Crippen molar-refractivity contribution < 1.29 is 4.79 Å². The highest BCUT2D eigenvalue weighted by molar-refractivity contribution is 6.31. The number of hydrogen-bond acceptors (Lipinski definition) is 3. The van der Waals surface area contributed by atoms with Crippen molar-refractivity contribution in [2.45, 2.75) is 40.2 Å². The Balaban J connectivity index is 1.78. The van der Waals surface area contributed by atoms with Crippen molar-refractivity contribution in [3.8, 4) is 5.69 Å². The molecular weight excluding hydrogens is 360 g/mol. The highest BCUT2D eigenvalue weighted by Gasteiger charge is 2.18. The van der Waals surface area contributed by atoms with Crippen LogP contribution in [0.1, 0.15) is 41.0 Å². The first-order valence-corrected chi connectivity index (χ1v) is 9.25. The fraction of sp³-hybridized carbons (Fsp3) is 0.286. The molecule has 0 aliphatic heterocycles. The molecule has 1 atom stereocenters. The van der Waals surface area contributed by atoms with Crippen molar-refractivity contribution in [3.63, 3.8) is 0 Å². The summed E-state index contributed by atoms with van der Waals surface area (Å²) < 4.78 is 1.84. The van der Waals surface area contributed by atoms with Gasteiger partial charge in [-0.05, 0) is 63.1 Å². The summed E-state index contributed by atoms with van der Waals surface area (Å²) in [5.74, 6) is -0.0352. The number of rotatable bonds is 5. The molecule has 3 aromatic rings. The standard InChI is InChI=1S/C21H23ClN4O/c1-13-5-6-18(11-20(13)22)26-16(4)19(15(3)25-26)12-21(27)24-14(2)17-7-9-23-10-8-17/h5-11,14H,12H2,1-4H3,(H,24,27). The van der Waals surface area contributed by atoms with Gasteiger partial charge in [0, 0.05) is 28.7 Å². The Hall–Kier alpha value is -2.66. The van der Waals surface area contributed by atoms with Crippen LogP contribution in [0.25, 0.3) is 5.69 Å². The molecule has 140 valence electrons. The number of carbonyl (C=O) groups is 1. The normalized spacial score (nSPS) is 12.0. The van der Waals surface area contributed by atoms with Gasteiger partial charge >= 0.3 is 0 Å². The maximum atomic E-state index is 12.6. The van der Waals surface area contributed by atoms with Gasteiger partial charge in [0.25, 0.3) is 0 Å². The van der Waals surface area contributed by atoms with E-state index in [0.29, 0.717) is 5.02 Å². The molecule has 5 nitrogen and oxygen atoms in total. The van der Waals surface area contributed by atoms with Crippen LogP contribution in [0.4, 0.5) is 0 Å². The second-order valence-corrected chi connectivity index (χ2v) is 7.15. The van der Waals surface area contributed by atoms with Gasteiger partial charge in [-0.15, -0.1) is 0 Å². The van der Waals surface area contributed by atoms with Crippen molar-refractivity contribution in [2.75, 3.05) is 0 Å². The lowest BCUT2D eigenvalue weighted by atomic mass is 10.1. The number of pyridine rings is 1. The predicted octanol–water partition coefficient (Wildman–Crippen LogP) is 4.27. The van der Waals surface area contributed by atoms with Crippen LogP contribution in [0.15, 0.2) is 42.7 Å². The topological polar surface area (TPSA) is 59.8 Å². The molecule has 0 aliphatic rings. The summed E-state index contributed by atoms with van der Waals surface area (Å²) in [6.45, 7) is 7.83. The number of aromatic nitrogens is 3. The molecule has 0 bridgehead atoms. The van der Waals surface area contributed by atoms with Gasteiger partial charge in [-0.3, -0.25) is 9.78 Å². The van der Waals surface area contributed by atoms with Crippen molar-refractivity contribution in [1.29, 1.82) is 0 Å². The zero-order valence-electron chi connectivity index (χ0n) is 16.0. The molecule has 1 N–H and O–H groups in total. The number of hydrogen-bond donors (Lipinski definition) is 1. The van der Waals surface area contributed by atoms with E-state index in [1.807, 2.05) is 62.7 Å². The van der Waals surface area contributed by atoms with Gasteiger partial charge in [0.1, 0.15) is 0 Å². The number of aryl methyl sites for hydroxylation is 2. The highest BCUT2D eigenvalue weighted by Crippen LogP contribution is 2.23. The molecule has 2 aromatic heterocycles. The van der Waals surface area contributed by atoms with Crippen LogP contribution in [0.3, 0.4) is 0 Å². The third kappa shape index (κ3) is 4.19. The summed E-state index contributed by atoms with van der Waals surface area (Å²) in [5, 5.41) is 8.35. The molecule has 0 aliphatic carbocycles. The monoisotopic (exact) mass is 382 g/mol. The molecule has 0 saturated carbocycles. The summed E-state index contributed by atoms with van der Waals surface area (Å²) in [6.07, 6.45) is 3.73. The van der Waals surface area contributed by atoms with Crippen molar-refractivity contribution in [2.24, 2.45) is 0 Å². The second-order valence-electron chi connectivity index (χ2n) is 6.74. The Morgan fingerprint density at radius 3 is 2.56 bits per heavy atom. The molecular formula is C21H23ClN4O. The average molecular weight is 383 g/mol. The van der Waals surface area contributed by atoms with Gasteiger partial charge in [-0.1, -0.05) is 17.7 Å². The minimum absolute atomic E-state index is 0.0352. The van der Waals surface area contributed by atoms with E-state index >= 15 is 0 Å². The van der Waals surface area contributed by atoms with Gasteiger partial charge < -0.3 is 5.32 Å². The minimum Gasteiger partial charge on any atom is -0.349 e. The van der Waals surface area contributed by atoms with E-state index < -0.39 is 0 Å². The Morgan fingerprint density at radius 2 is 1.89 bits per heavy atom. The molecule has 1 unspecified atom stereocenters. The Bertz CT molecular complexity index is 966. The molecule has 0 spiro atoms. The number of carbonyl (C=O) groups excluding carboxylic acids is 1. The van der Waals surface area contributed by atoms with Crippen LogP contribution < -0.4 is 5.32 Å². The summed E-state index contributed by atoms with van der Waals surface area (Å²) in [5.41, 5.74) is 5.66. The van der Waals surface area contributed by atoms with E-state index in [0.717, 1.165) is 33.8 Å². The Morgan fingerprint density at radius 1 is 1.19 bits per heavy atom. The molecule has 2 heterocycles. The Kier molecular flexibility index (Phi) is 5.61. The van der Waals surface area contributed by atoms with Crippen molar-refractivity contribution >= 4 is 17.5 Å². The largest absolute Gasteiger partial charge is 0.349 e. The first-order valence-electron chi connectivity index (χ1n) is 8.87. The molecule has 3 rings (SSSR count). The second kappa shape index (κ2) is 7.92. The highest BCUT2D eigenvalue weighted by atomic mass is 35.5. The molecule has 0 fully saturated rings. The lowest BCUT2D eigenvalue weighted by molar-refractivity contribution is -0.121. The maximum Gasteiger partial charge on any atom is 0.225 e. The number of nitrogens with zero attached hydrogens (tertiary/aromatic N) is 3. The van der Waals surface area contributed by atoms with Crippen LogP contribution in [0.2, 0.25) is 5.02 Å². The fourth-order valence-electron chi connectivity index (χ4n) is 3.08. The van der Waals surface area contributed by atoms with Crippen molar-refractivity contribution in [3.05, 3.63) is 75.8 Å². The number of nitrogens with one attached hydrogen (secondary N) is 1. The van der Waals surface area contributed by atoms with Crippen LogP contribution in [-0.4, -0.2) is 20.7 Å². The summed E-state index contributed by atoms with van der Waals surface area (Å²) >= 11 is 6.25. The molecule has 27 heavy (non-hydrogen) atoms. The predicted molar refractivity (Wildman–Crippen MR) is 107 cm³/mol. The number of amides is 1. The van der Waals surface area contributed by atoms with Crippen LogP contribution in [-0.2, 0) is 11.2 Å². The van der Waals surface area contributed by atoms with Crippen LogP contribution >= 0.6 is 11.6 Å². The minimum atomic E-state index is -0.0768. The van der Waals surface area contributed by atoms with E-state index in [2.05, 4.69) is 15.4 Å². The lowest BCUT2D eigenvalue weighted by Gasteiger charge is -2.14. The SMILES string of the molecule is Cc1ccc(-n2nc(C)c(CC(=O)NC(C)c3ccncc3)c2C)cc1Cl. The zero-order chi connectivity index (χ0) is 19.6. The average Bonchev–Trinajstić information content (AvgIpc) is 2.93. The zero-order valence-corrected chi connectivity index (χ0v) is 16.7. The van der Waals surface area contributed by atoms with E-state index in [-0.39, 0.29) is 18.4 Å². The summed E-state index contributed by atoms with van der Waals surface area (Å²) in [6, 6.07) is 9.58. The van der Waals surface area contributed by atoms with Gasteiger partial charge in [0.2, 0.25) is 5.91 Å². The maximum absolute atomic E-state index is 12.6. The Labute approximate surface area is 164 Å². The molecule has 1 aromatic carbocycles. The third-order valence-corrected chi connectivity index (χ3v) is 5.17. The van der Waals surface area contributed by atoms with Crippen LogP contribution in [0.5, 0.6) is 0 Å². The van der Waals surface area contributed by atoms with Gasteiger partial charge in [-0.25, -0.2) is 4.68 Å².